The first-order chi connectivity index (χ1) is 10.9. The fourth-order valence-electron chi connectivity index (χ4n) is 1.72. The maximum Gasteiger partial charge on any atom is 0.502 e. The van der Waals surface area contributed by atoms with E-state index in [9.17, 15) is 4.79 Å². The minimum absolute atomic E-state index is 0.327. The topological polar surface area (TPSA) is 80.0 Å². The van der Waals surface area contributed by atoms with Crippen molar-refractivity contribution in [3.05, 3.63) is 12.7 Å². The Morgan fingerprint density at radius 1 is 1.17 bits per heavy atom. The fourth-order valence-corrected chi connectivity index (χ4v) is 4.40. The van der Waals surface area contributed by atoms with Crippen LogP contribution in [0.1, 0.15) is 53.9 Å². The van der Waals surface area contributed by atoms with Crippen molar-refractivity contribution in [1.29, 1.82) is 0 Å². The molecule has 0 aliphatic rings. The van der Waals surface area contributed by atoms with E-state index in [1.54, 1.807) is 6.92 Å². The molecular weight excluding hydrogens is 314 g/mol. The molecule has 0 aliphatic heterocycles. The number of carbonyl (C=O) groups is 1. The second-order valence-electron chi connectivity index (χ2n) is 4.85. The summed E-state index contributed by atoms with van der Waals surface area (Å²) in [5, 5.41) is 0. The van der Waals surface area contributed by atoms with Crippen LogP contribution in [-0.2, 0) is 22.8 Å². The van der Waals surface area contributed by atoms with Crippen molar-refractivity contribution >= 4 is 14.8 Å². The van der Waals surface area contributed by atoms with Crippen LogP contribution < -0.4 is 5.73 Å². The van der Waals surface area contributed by atoms with E-state index in [0.717, 1.165) is 25.3 Å². The van der Waals surface area contributed by atoms with Gasteiger partial charge in [-0.2, -0.15) is 0 Å². The smallest absolute Gasteiger partial charge is 0.463 e. The van der Waals surface area contributed by atoms with Gasteiger partial charge in [-0.1, -0.05) is 33.3 Å². The second-order valence-corrected chi connectivity index (χ2v) is 7.53. The Morgan fingerprint density at radius 3 is 2.09 bits per heavy atom. The summed E-state index contributed by atoms with van der Waals surface area (Å²) in [4.78, 5) is 10.3. The molecule has 23 heavy (non-hydrogen) atoms. The van der Waals surface area contributed by atoms with Crippen LogP contribution in [0.2, 0.25) is 6.04 Å². The van der Waals surface area contributed by atoms with Gasteiger partial charge in [-0.05, 0) is 27.2 Å². The van der Waals surface area contributed by atoms with Crippen molar-refractivity contribution in [3.8, 4) is 0 Å². The van der Waals surface area contributed by atoms with E-state index in [0.29, 0.717) is 19.8 Å². The molecular formula is C16H35NO5Si. The molecule has 0 spiro atoms. The third kappa shape index (κ3) is 14.6. The molecule has 6 nitrogen and oxygen atoms in total. The Balaban J connectivity index is 0. The van der Waals surface area contributed by atoms with Crippen LogP contribution in [-0.4, -0.2) is 40.8 Å². The van der Waals surface area contributed by atoms with Crippen LogP contribution >= 0.6 is 0 Å². The first kappa shape index (κ1) is 24.5. The molecule has 7 heteroatoms. The summed E-state index contributed by atoms with van der Waals surface area (Å²) in [5.41, 5.74) is 5.62. The molecule has 0 radical (unpaired) electrons. The first-order valence-corrected chi connectivity index (χ1v) is 10.3. The average molecular weight is 350 g/mol. The van der Waals surface area contributed by atoms with Gasteiger partial charge in [0.25, 0.3) is 0 Å². The molecule has 0 aromatic carbocycles. The van der Waals surface area contributed by atoms with Crippen LogP contribution in [0.5, 0.6) is 0 Å². The monoisotopic (exact) mass is 349 g/mol. The van der Waals surface area contributed by atoms with E-state index >= 15 is 0 Å². The zero-order chi connectivity index (χ0) is 18.1. The van der Waals surface area contributed by atoms with Gasteiger partial charge < -0.3 is 23.7 Å². The van der Waals surface area contributed by atoms with Crippen LogP contribution in [0, 0.1) is 0 Å². The van der Waals surface area contributed by atoms with Gasteiger partial charge >= 0.3 is 14.8 Å². The molecule has 138 valence electrons. The summed E-state index contributed by atoms with van der Waals surface area (Å²) in [6.45, 7) is 14.8. The molecule has 0 bridgehead atoms. The maximum absolute atomic E-state index is 10.3. The Morgan fingerprint density at radius 2 is 1.74 bits per heavy atom. The van der Waals surface area contributed by atoms with Crippen molar-refractivity contribution in [3.63, 3.8) is 0 Å². The lowest BCUT2D eigenvalue weighted by Gasteiger charge is -2.30. The summed E-state index contributed by atoms with van der Waals surface area (Å²) >= 11 is 0. The van der Waals surface area contributed by atoms with Gasteiger partial charge in [-0.15, -0.1) is 0 Å². The first-order valence-electron chi connectivity index (χ1n) is 8.41. The highest BCUT2D eigenvalue weighted by molar-refractivity contribution is 6.60. The summed E-state index contributed by atoms with van der Waals surface area (Å²) < 4.78 is 21.6. The number of rotatable bonds is 12. The lowest BCUT2D eigenvalue weighted by atomic mass is 10.4. The normalized spacial score (nSPS) is 12.1. The van der Waals surface area contributed by atoms with Crippen molar-refractivity contribution < 1.29 is 22.8 Å². The second kappa shape index (κ2) is 16.1. The molecule has 1 atom stereocenters. The van der Waals surface area contributed by atoms with E-state index < -0.39 is 8.80 Å². The largest absolute Gasteiger partial charge is 0.502 e. The molecule has 0 aromatic rings. The Hall–Kier alpha value is -0.733. The lowest BCUT2D eigenvalue weighted by molar-refractivity contribution is -0.137. The molecule has 1 unspecified atom stereocenters. The quantitative estimate of drug-likeness (QED) is 0.191. The molecule has 0 rings (SSSR count). The highest BCUT2D eigenvalue weighted by atomic mass is 28.4. The zero-order valence-electron chi connectivity index (χ0n) is 15.4. The number of hydrogen-bond acceptors (Lipinski definition) is 6. The van der Waals surface area contributed by atoms with Gasteiger partial charge in [-0.25, -0.2) is 4.79 Å². The van der Waals surface area contributed by atoms with Crippen molar-refractivity contribution in [2.45, 2.75) is 66.2 Å². The molecule has 0 fully saturated rings. The van der Waals surface area contributed by atoms with Crippen molar-refractivity contribution in [2.24, 2.45) is 5.73 Å². The van der Waals surface area contributed by atoms with Crippen LogP contribution in [0.15, 0.2) is 12.7 Å². The molecule has 0 amide bonds. The summed E-state index contributed by atoms with van der Waals surface area (Å²) in [5.74, 6) is -0.330. The minimum Gasteiger partial charge on any atom is -0.463 e. The Kier molecular flexibility index (Phi) is 17.2. The van der Waals surface area contributed by atoms with E-state index in [4.69, 9.17) is 19.0 Å². The van der Waals surface area contributed by atoms with Crippen LogP contribution in [0.3, 0.4) is 0 Å². The standard InChI is InChI=1S/C9H23NO3Si.C7H12O2/c1-5-8-14(11-6-2,12-7-3)13-9(4)10;1-3-5-6-9-7(8)4-2/h9H,5-8,10H2,1-4H3;4H,2-3,5-6H2,1H3. The van der Waals surface area contributed by atoms with Crippen molar-refractivity contribution in [1.82, 2.24) is 0 Å². The number of nitrogens with two attached hydrogens (primary N) is 1. The van der Waals surface area contributed by atoms with Crippen LogP contribution in [0.25, 0.3) is 0 Å². The predicted octanol–water partition coefficient (Wildman–Crippen LogP) is 3.25. The van der Waals surface area contributed by atoms with Crippen molar-refractivity contribution in [2.75, 3.05) is 19.8 Å². The van der Waals surface area contributed by atoms with Crippen LogP contribution in [0.4, 0.5) is 0 Å². The number of ether oxygens (including phenoxy) is 1. The minimum atomic E-state index is -2.48. The van der Waals surface area contributed by atoms with Gasteiger partial charge in [0, 0.05) is 25.3 Å². The fraction of sp³-hybridized carbons (Fsp3) is 0.812. The molecule has 0 saturated carbocycles. The zero-order valence-corrected chi connectivity index (χ0v) is 16.4. The SMILES string of the molecule is C=CC(=O)OCCCC.CCC[Si](OCC)(OCC)OC(C)N. The average Bonchev–Trinajstić information content (AvgIpc) is 2.48. The highest BCUT2D eigenvalue weighted by Crippen LogP contribution is 2.18. The summed E-state index contributed by atoms with van der Waals surface area (Å²) in [6, 6.07) is 0.830. The Bertz CT molecular complexity index is 283. The number of carbonyl (C=O) groups excluding carboxylic acids is 1. The Labute approximate surface area is 142 Å². The van der Waals surface area contributed by atoms with E-state index in [2.05, 4.69) is 18.2 Å². The molecule has 0 aliphatic carbocycles. The number of hydrogen-bond donors (Lipinski definition) is 1. The van der Waals surface area contributed by atoms with E-state index in [-0.39, 0.29) is 12.2 Å². The van der Waals surface area contributed by atoms with E-state index in [1.807, 2.05) is 20.8 Å². The molecule has 0 aromatic heterocycles. The highest BCUT2D eigenvalue weighted by Gasteiger charge is 2.40. The van der Waals surface area contributed by atoms with Gasteiger partial charge in [-0.3, -0.25) is 0 Å². The van der Waals surface area contributed by atoms with Gasteiger partial charge in [0.05, 0.1) is 12.8 Å². The summed E-state index contributed by atoms with van der Waals surface area (Å²) in [7, 11) is -2.48. The predicted molar refractivity (Wildman–Crippen MR) is 94.9 cm³/mol. The maximum atomic E-state index is 10.3. The van der Waals surface area contributed by atoms with Gasteiger partial charge in [0.1, 0.15) is 0 Å². The van der Waals surface area contributed by atoms with Gasteiger partial charge in [0.2, 0.25) is 0 Å². The summed E-state index contributed by atoms with van der Waals surface area (Å²) in [6.07, 6.45) is 3.81. The van der Waals surface area contributed by atoms with E-state index in [1.165, 1.54) is 6.08 Å². The molecule has 0 saturated heterocycles. The molecule has 0 heterocycles. The molecule has 2 N–H and O–H groups in total. The number of unbranched alkanes of at least 4 members (excludes halogenated alkanes) is 1. The third-order valence-corrected chi connectivity index (χ3v) is 5.86. The lowest BCUT2D eigenvalue weighted by Crippen LogP contribution is -2.49. The third-order valence-electron chi connectivity index (χ3n) is 2.56. The number of esters is 1. The van der Waals surface area contributed by atoms with Gasteiger partial charge in [0.15, 0.2) is 0 Å².